The average molecular weight is 298 g/mol. The van der Waals surface area contributed by atoms with Gasteiger partial charge >= 0.3 is 0 Å². The van der Waals surface area contributed by atoms with E-state index in [1.54, 1.807) is 0 Å². The van der Waals surface area contributed by atoms with Crippen LogP contribution in [-0.4, -0.2) is 48.9 Å². The summed E-state index contributed by atoms with van der Waals surface area (Å²) in [5.74, 6) is 0.194. The molecule has 5 heteroatoms. The van der Waals surface area contributed by atoms with Gasteiger partial charge in [0.15, 0.2) is 0 Å². The lowest BCUT2D eigenvalue weighted by Gasteiger charge is -2.35. The van der Waals surface area contributed by atoms with Crippen LogP contribution in [-0.2, 0) is 11.2 Å². The summed E-state index contributed by atoms with van der Waals surface area (Å²) in [6.45, 7) is 2.15. The third kappa shape index (κ3) is 4.39. The Labute approximate surface area is 127 Å². The number of nitrogen functional groups attached to an aromatic ring is 1. The van der Waals surface area contributed by atoms with Crippen molar-refractivity contribution in [2.24, 2.45) is 0 Å². The van der Waals surface area contributed by atoms with Crippen LogP contribution in [0.1, 0.15) is 18.4 Å². The van der Waals surface area contributed by atoms with Gasteiger partial charge in [-0.1, -0.05) is 12.1 Å². The van der Waals surface area contributed by atoms with Gasteiger partial charge in [-0.05, 0) is 50.7 Å². The largest absolute Gasteiger partial charge is 0.399 e. The number of halogens is 1. The second-order valence-corrected chi connectivity index (χ2v) is 5.46. The molecule has 20 heavy (non-hydrogen) atoms. The van der Waals surface area contributed by atoms with Crippen molar-refractivity contribution >= 4 is 24.0 Å². The predicted octanol–water partition coefficient (Wildman–Crippen LogP) is 1.79. The molecular formula is C15H24ClN3O. The highest BCUT2D eigenvalue weighted by Crippen LogP contribution is 2.15. The van der Waals surface area contributed by atoms with E-state index in [-0.39, 0.29) is 18.3 Å². The second kappa shape index (κ2) is 7.50. The first-order chi connectivity index (χ1) is 9.06. The Hall–Kier alpha value is -1.26. The van der Waals surface area contributed by atoms with E-state index in [0.29, 0.717) is 12.5 Å². The minimum atomic E-state index is 0. The van der Waals surface area contributed by atoms with Gasteiger partial charge in [-0.2, -0.15) is 0 Å². The summed E-state index contributed by atoms with van der Waals surface area (Å²) >= 11 is 0. The maximum atomic E-state index is 12.3. The Morgan fingerprint density at radius 3 is 2.40 bits per heavy atom. The number of benzene rings is 1. The molecule has 0 aromatic heterocycles. The lowest BCUT2D eigenvalue weighted by Crippen LogP contribution is -2.44. The van der Waals surface area contributed by atoms with E-state index >= 15 is 0 Å². The van der Waals surface area contributed by atoms with Crippen LogP contribution in [0.3, 0.4) is 0 Å². The van der Waals surface area contributed by atoms with Gasteiger partial charge in [0.05, 0.1) is 6.42 Å². The third-order valence-corrected chi connectivity index (χ3v) is 3.96. The van der Waals surface area contributed by atoms with Gasteiger partial charge in [0.1, 0.15) is 0 Å². The molecule has 2 N–H and O–H groups in total. The Bertz CT molecular complexity index is 427. The second-order valence-electron chi connectivity index (χ2n) is 5.46. The van der Waals surface area contributed by atoms with Crippen molar-refractivity contribution in [3.63, 3.8) is 0 Å². The summed E-state index contributed by atoms with van der Waals surface area (Å²) in [4.78, 5) is 16.5. The number of hydrogen-bond acceptors (Lipinski definition) is 3. The van der Waals surface area contributed by atoms with E-state index in [2.05, 4.69) is 11.9 Å². The van der Waals surface area contributed by atoms with Crippen LogP contribution in [0.5, 0.6) is 0 Å². The number of likely N-dealkylation sites (tertiary alicyclic amines) is 1. The van der Waals surface area contributed by atoms with Crippen molar-refractivity contribution in [3.05, 3.63) is 29.8 Å². The number of piperidine rings is 1. The Kier molecular flexibility index (Phi) is 6.30. The summed E-state index contributed by atoms with van der Waals surface area (Å²) in [7, 11) is 4.06. The minimum Gasteiger partial charge on any atom is -0.399 e. The molecular weight excluding hydrogens is 274 g/mol. The van der Waals surface area contributed by atoms with E-state index in [9.17, 15) is 4.79 Å². The van der Waals surface area contributed by atoms with Gasteiger partial charge in [-0.25, -0.2) is 0 Å². The normalized spacial score (nSPS) is 16.5. The van der Waals surface area contributed by atoms with Gasteiger partial charge in [0.2, 0.25) is 5.91 Å². The molecule has 0 atom stereocenters. The Morgan fingerprint density at radius 2 is 1.85 bits per heavy atom. The SMILES string of the molecule is CN1CCC(N(C)C(=O)Cc2ccc(N)cc2)CC1.Cl. The molecule has 0 saturated carbocycles. The molecule has 0 bridgehead atoms. The fraction of sp³-hybridized carbons (Fsp3) is 0.533. The number of hydrogen-bond donors (Lipinski definition) is 1. The maximum Gasteiger partial charge on any atom is 0.226 e. The van der Waals surface area contributed by atoms with E-state index < -0.39 is 0 Å². The molecule has 1 aliphatic heterocycles. The fourth-order valence-electron chi connectivity index (χ4n) is 2.52. The average Bonchev–Trinajstić information content (AvgIpc) is 2.41. The van der Waals surface area contributed by atoms with E-state index in [1.165, 1.54) is 0 Å². The molecule has 4 nitrogen and oxygen atoms in total. The first-order valence-corrected chi connectivity index (χ1v) is 6.85. The smallest absolute Gasteiger partial charge is 0.226 e. The van der Waals surface area contributed by atoms with Crippen molar-refractivity contribution in [1.82, 2.24) is 9.80 Å². The van der Waals surface area contributed by atoms with Gasteiger partial charge in [-0.3, -0.25) is 4.79 Å². The zero-order valence-corrected chi connectivity index (χ0v) is 13.0. The van der Waals surface area contributed by atoms with Gasteiger partial charge in [0.25, 0.3) is 0 Å². The van der Waals surface area contributed by atoms with E-state index in [1.807, 2.05) is 36.2 Å². The standard InChI is InChI=1S/C15H23N3O.ClH/c1-17-9-7-14(8-10-17)18(2)15(19)11-12-3-5-13(16)6-4-12;/h3-6,14H,7-11,16H2,1-2H3;1H. The molecule has 0 radical (unpaired) electrons. The molecule has 0 unspecified atom stereocenters. The molecule has 1 aromatic rings. The molecule has 2 rings (SSSR count). The number of likely N-dealkylation sites (N-methyl/N-ethyl adjacent to an activating group) is 1. The molecule has 1 saturated heterocycles. The zero-order valence-electron chi connectivity index (χ0n) is 12.2. The van der Waals surface area contributed by atoms with Crippen LogP contribution in [0.2, 0.25) is 0 Å². The topological polar surface area (TPSA) is 49.6 Å². The summed E-state index contributed by atoms with van der Waals surface area (Å²) in [5, 5.41) is 0. The third-order valence-electron chi connectivity index (χ3n) is 3.96. The predicted molar refractivity (Wildman–Crippen MR) is 85.1 cm³/mol. The number of amides is 1. The summed E-state index contributed by atoms with van der Waals surface area (Å²) in [6, 6.07) is 7.93. The number of nitrogens with zero attached hydrogens (tertiary/aromatic N) is 2. The van der Waals surface area contributed by atoms with Gasteiger partial charge in [-0.15, -0.1) is 12.4 Å². The van der Waals surface area contributed by atoms with Crippen molar-refractivity contribution in [3.8, 4) is 0 Å². The number of nitrogens with two attached hydrogens (primary N) is 1. The maximum absolute atomic E-state index is 12.3. The fourth-order valence-corrected chi connectivity index (χ4v) is 2.52. The number of anilines is 1. The highest BCUT2D eigenvalue weighted by Gasteiger charge is 2.23. The zero-order chi connectivity index (χ0) is 13.8. The highest BCUT2D eigenvalue weighted by molar-refractivity contribution is 5.85. The molecule has 1 amide bonds. The van der Waals surface area contributed by atoms with Gasteiger partial charge in [0, 0.05) is 18.8 Å². The van der Waals surface area contributed by atoms with Crippen molar-refractivity contribution in [2.75, 3.05) is 32.9 Å². The van der Waals surface area contributed by atoms with Crippen molar-refractivity contribution < 1.29 is 4.79 Å². The molecule has 1 fully saturated rings. The first-order valence-electron chi connectivity index (χ1n) is 6.85. The molecule has 0 aliphatic carbocycles. The molecule has 112 valence electrons. The Morgan fingerprint density at radius 1 is 1.30 bits per heavy atom. The quantitative estimate of drug-likeness (QED) is 0.865. The molecule has 1 aromatic carbocycles. The summed E-state index contributed by atoms with van der Waals surface area (Å²) in [5.41, 5.74) is 7.41. The van der Waals surface area contributed by atoms with Crippen LogP contribution < -0.4 is 5.73 Å². The van der Waals surface area contributed by atoms with Crippen LogP contribution in [0.15, 0.2) is 24.3 Å². The van der Waals surface area contributed by atoms with Crippen LogP contribution in [0.4, 0.5) is 5.69 Å². The molecule has 0 spiro atoms. The monoisotopic (exact) mass is 297 g/mol. The first kappa shape index (κ1) is 16.8. The summed E-state index contributed by atoms with van der Waals surface area (Å²) < 4.78 is 0. The van der Waals surface area contributed by atoms with Crippen molar-refractivity contribution in [1.29, 1.82) is 0 Å². The van der Waals surface area contributed by atoms with Crippen LogP contribution >= 0.6 is 12.4 Å². The lowest BCUT2D eigenvalue weighted by molar-refractivity contribution is -0.132. The van der Waals surface area contributed by atoms with Gasteiger partial charge < -0.3 is 15.5 Å². The van der Waals surface area contributed by atoms with Crippen LogP contribution in [0.25, 0.3) is 0 Å². The number of rotatable bonds is 3. The van der Waals surface area contributed by atoms with E-state index in [4.69, 9.17) is 5.73 Å². The highest BCUT2D eigenvalue weighted by atomic mass is 35.5. The van der Waals surface area contributed by atoms with Crippen LogP contribution in [0, 0.1) is 0 Å². The number of carbonyl (C=O) groups is 1. The minimum absolute atomic E-state index is 0. The lowest BCUT2D eigenvalue weighted by atomic mass is 10.0. The molecule has 1 aliphatic rings. The van der Waals surface area contributed by atoms with Crippen molar-refractivity contribution in [2.45, 2.75) is 25.3 Å². The van der Waals surface area contributed by atoms with E-state index in [0.717, 1.165) is 37.2 Å². The summed E-state index contributed by atoms with van der Waals surface area (Å²) in [6.07, 6.45) is 2.60. The number of carbonyl (C=O) groups excluding carboxylic acids is 1. The Balaban J connectivity index is 0.00000200. The molecule has 1 heterocycles.